The van der Waals surface area contributed by atoms with Gasteiger partial charge in [-0.3, -0.25) is 0 Å². The van der Waals surface area contributed by atoms with Crippen LogP contribution in [0.3, 0.4) is 0 Å². The average Bonchev–Trinajstić information content (AvgIpc) is 2.89. The van der Waals surface area contributed by atoms with E-state index < -0.39 is 0 Å². The Morgan fingerprint density at radius 2 is 2.26 bits per heavy atom. The molecule has 0 fully saturated rings. The number of nitrogens with two attached hydrogens (primary N) is 1. The van der Waals surface area contributed by atoms with Crippen molar-refractivity contribution in [3.63, 3.8) is 0 Å². The SMILES string of the molecule is CCc1ccc(OC)c(-c2nc(CN)sc2C#N)c1. The van der Waals surface area contributed by atoms with Crippen LogP contribution >= 0.6 is 11.3 Å². The molecule has 0 aliphatic carbocycles. The zero-order valence-electron chi connectivity index (χ0n) is 10.9. The Bertz CT molecular complexity index is 628. The summed E-state index contributed by atoms with van der Waals surface area (Å²) in [5, 5.41) is 9.98. The van der Waals surface area contributed by atoms with Gasteiger partial charge in [-0.25, -0.2) is 4.98 Å². The summed E-state index contributed by atoms with van der Waals surface area (Å²) in [5.41, 5.74) is 8.30. The molecule has 2 rings (SSSR count). The van der Waals surface area contributed by atoms with E-state index >= 15 is 0 Å². The molecule has 5 heteroatoms. The van der Waals surface area contributed by atoms with E-state index in [-0.39, 0.29) is 0 Å². The van der Waals surface area contributed by atoms with E-state index in [0.29, 0.717) is 17.1 Å². The van der Waals surface area contributed by atoms with Crippen LogP contribution in [0.5, 0.6) is 5.75 Å². The molecule has 0 amide bonds. The Balaban J connectivity index is 2.63. The molecule has 0 saturated heterocycles. The first-order valence-corrected chi connectivity index (χ1v) is 6.82. The third kappa shape index (κ3) is 2.60. The Labute approximate surface area is 116 Å². The summed E-state index contributed by atoms with van der Waals surface area (Å²) in [6.07, 6.45) is 0.923. The van der Waals surface area contributed by atoms with E-state index in [9.17, 15) is 5.26 Å². The van der Waals surface area contributed by atoms with Gasteiger partial charge in [0.1, 0.15) is 27.4 Å². The number of benzene rings is 1. The van der Waals surface area contributed by atoms with E-state index in [1.54, 1.807) is 7.11 Å². The van der Waals surface area contributed by atoms with Gasteiger partial charge in [-0.05, 0) is 24.1 Å². The molecule has 0 spiro atoms. The van der Waals surface area contributed by atoms with Gasteiger partial charge < -0.3 is 10.5 Å². The molecule has 1 heterocycles. The minimum atomic E-state index is 0.342. The largest absolute Gasteiger partial charge is 0.496 e. The molecule has 2 aromatic rings. The van der Waals surface area contributed by atoms with E-state index in [4.69, 9.17) is 10.5 Å². The summed E-state index contributed by atoms with van der Waals surface area (Å²) < 4.78 is 5.37. The molecule has 4 nitrogen and oxygen atoms in total. The topological polar surface area (TPSA) is 71.9 Å². The van der Waals surface area contributed by atoms with Crippen molar-refractivity contribution in [3.8, 4) is 23.1 Å². The number of aromatic nitrogens is 1. The van der Waals surface area contributed by atoms with Gasteiger partial charge in [0.15, 0.2) is 0 Å². The number of nitrogens with zero attached hydrogens (tertiary/aromatic N) is 2. The molecule has 0 bridgehead atoms. The number of aryl methyl sites for hydroxylation is 1. The van der Waals surface area contributed by atoms with E-state index in [1.807, 2.05) is 18.2 Å². The summed E-state index contributed by atoms with van der Waals surface area (Å²) in [5.74, 6) is 0.725. The van der Waals surface area contributed by atoms with Crippen molar-refractivity contribution in [2.75, 3.05) is 7.11 Å². The first-order valence-electron chi connectivity index (χ1n) is 6.00. The van der Waals surface area contributed by atoms with Gasteiger partial charge in [-0.1, -0.05) is 13.0 Å². The lowest BCUT2D eigenvalue weighted by Crippen LogP contribution is -1.95. The fourth-order valence-electron chi connectivity index (χ4n) is 1.87. The molecule has 98 valence electrons. The van der Waals surface area contributed by atoms with Crippen molar-refractivity contribution in [1.82, 2.24) is 4.98 Å². The monoisotopic (exact) mass is 273 g/mol. The summed E-state index contributed by atoms with van der Waals surface area (Å²) >= 11 is 1.33. The van der Waals surface area contributed by atoms with E-state index in [1.165, 1.54) is 16.9 Å². The first kappa shape index (κ1) is 13.5. The number of hydrogen-bond acceptors (Lipinski definition) is 5. The van der Waals surface area contributed by atoms with Crippen molar-refractivity contribution >= 4 is 11.3 Å². The number of ether oxygens (including phenoxy) is 1. The highest BCUT2D eigenvalue weighted by Crippen LogP contribution is 2.35. The fourth-order valence-corrected chi connectivity index (χ4v) is 2.62. The predicted octanol–water partition coefficient (Wildman–Crippen LogP) is 2.71. The molecule has 1 aromatic carbocycles. The van der Waals surface area contributed by atoms with Crippen LogP contribution < -0.4 is 10.5 Å². The Morgan fingerprint density at radius 1 is 1.47 bits per heavy atom. The third-order valence-electron chi connectivity index (χ3n) is 2.87. The molecule has 0 radical (unpaired) electrons. The lowest BCUT2D eigenvalue weighted by Gasteiger charge is -2.08. The number of rotatable bonds is 4. The lowest BCUT2D eigenvalue weighted by molar-refractivity contribution is 0.416. The number of thiazole rings is 1. The molecule has 0 atom stereocenters. The van der Waals surface area contributed by atoms with Gasteiger partial charge in [-0.15, -0.1) is 11.3 Å². The van der Waals surface area contributed by atoms with Crippen LogP contribution in [0.2, 0.25) is 0 Å². The predicted molar refractivity (Wildman–Crippen MR) is 76.1 cm³/mol. The first-order chi connectivity index (χ1) is 9.23. The number of methoxy groups -OCH3 is 1. The minimum absolute atomic E-state index is 0.342. The maximum absolute atomic E-state index is 9.22. The van der Waals surface area contributed by atoms with Crippen molar-refractivity contribution < 1.29 is 4.74 Å². The number of nitriles is 1. The van der Waals surface area contributed by atoms with Crippen LogP contribution in [0.4, 0.5) is 0 Å². The molecule has 2 N–H and O–H groups in total. The Morgan fingerprint density at radius 3 is 2.84 bits per heavy atom. The third-order valence-corrected chi connectivity index (χ3v) is 3.86. The second-order valence-corrected chi connectivity index (χ2v) is 5.07. The summed E-state index contributed by atoms with van der Waals surface area (Å²) in [4.78, 5) is 5.02. The van der Waals surface area contributed by atoms with Gasteiger partial charge in [-0.2, -0.15) is 5.26 Å². The summed E-state index contributed by atoms with van der Waals surface area (Å²) in [6, 6.07) is 8.14. The zero-order chi connectivity index (χ0) is 13.8. The van der Waals surface area contributed by atoms with Crippen LogP contribution in [0, 0.1) is 11.3 Å². The summed E-state index contributed by atoms with van der Waals surface area (Å²) in [7, 11) is 1.62. The highest BCUT2D eigenvalue weighted by Gasteiger charge is 2.16. The Kier molecular flexibility index (Phi) is 4.15. The van der Waals surface area contributed by atoms with E-state index in [0.717, 1.165) is 22.7 Å². The van der Waals surface area contributed by atoms with Crippen LogP contribution in [-0.4, -0.2) is 12.1 Å². The molecule has 0 unspecified atom stereocenters. The highest BCUT2D eigenvalue weighted by atomic mass is 32.1. The summed E-state index contributed by atoms with van der Waals surface area (Å²) in [6.45, 7) is 2.43. The highest BCUT2D eigenvalue weighted by molar-refractivity contribution is 7.12. The lowest BCUT2D eigenvalue weighted by atomic mass is 10.0. The van der Waals surface area contributed by atoms with Crippen LogP contribution in [0.15, 0.2) is 18.2 Å². The molecule has 0 saturated carbocycles. The zero-order valence-corrected chi connectivity index (χ0v) is 11.8. The Hall–Kier alpha value is -1.90. The van der Waals surface area contributed by atoms with Crippen molar-refractivity contribution in [2.24, 2.45) is 5.73 Å². The van der Waals surface area contributed by atoms with Gasteiger partial charge in [0.05, 0.1) is 7.11 Å². The second-order valence-electron chi connectivity index (χ2n) is 3.99. The second kappa shape index (κ2) is 5.83. The van der Waals surface area contributed by atoms with Crippen molar-refractivity contribution in [3.05, 3.63) is 33.6 Å². The van der Waals surface area contributed by atoms with Gasteiger partial charge in [0, 0.05) is 12.1 Å². The standard InChI is InChI=1S/C14H15N3OS/c1-3-9-4-5-11(18-2)10(6-9)14-12(7-15)19-13(8-16)17-14/h4-6H,3,8,16H2,1-2H3. The van der Waals surface area contributed by atoms with Crippen molar-refractivity contribution in [2.45, 2.75) is 19.9 Å². The van der Waals surface area contributed by atoms with Gasteiger partial charge in [0.25, 0.3) is 0 Å². The maximum Gasteiger partial charge on any atom is 0.133 e. The average molecular weight is 273 g/mol. The smallest absolute Gasteiger partial charge is 0.133 e. The quantitative estimate of drug-likeness (QED) is 0.929. The molecule has 0 aliphatic rings. The normalized spacial score (nSPS) is 10.2. The van der Waals surface area contributed by atoms with Crippen molar-refractivity contribution in [1.29, 1.82) is 5.26 Å². The van der Waals surface area contributed by atoms with Crippen LogP contribution in [0.25, 0.3) is 11.3 Å². The maximum atomic E-state index is 9.22. The molecule has 1 aromatic heterocycles. The fraction of sp³-hybridized carbons (Fsp3) is 0.286. The van der Waals surface area contributed by atoms with Gasteiger partial charge in [0.2, 0.25) is 0 Å². The molecule has 19 heavy (non-hydrogen) atoms. The van der Waals surface area contributed by atoms with Gasteiger partial charge >= 0.3 is 0 Å². The molecular weight excluding hydrogens is 258 g/mol. The van der Waals surface area contributed by atoms with Crippen LogP contribution in [-0.2, 0) is 13.0 Å². The number of hydrogen-bond donors (Lipinski definition) is 1. The minimum Gasteiger partial charge on any atom is -0.496 e. The molecule has 0 aliphatic heterocycles. The van der Waals surface area contributed by atoms with E-state index in [2.05, 4.69) is 18.0 Å². The molecular formula is C14H15N3OS. The van der Waals surface area contributed by atoms with Crippen LogP contribution in [0.1, 0.15) is 22.4 Å².